The molecule has 1 amide bonds. The number of carbonyl (C=O) groups excluding carboxylic acids is 1. The Balaban J connectivity index is 1.73. The van der Waals surface area contributed by atoms with E-state index < -0.39 is 0 Å². The fourth-order valence-electron chi connectivity index (χ4n) is 2.80. The van der Waals surface area contributed by atoms with Crippen LogP contribution in [0.2, 0.25) is 0 Å². The topological polar surface area (TPSA) is 72.4 Å². The zero-order valence-electron chi connectivity index (χ0n) is 11.9. The van der Waals surface area contributed by atoms with Crippen molar-refractivity contribution in [1.82, 2.24) is 9.88 Å². The van der Waals surface area contributed by atoms with Crippen LogP contribution in [-0.2, 0) is 11.3 Å². The predicted octanol–water partition coefficient (Wildman–Crippen LogP) is 2.18. The monoisotopic (exact) mass is 285 g/mol. The fraction of sp³-hybridized carbons (Fsp3) is 0.375. The predicted molar refractivity (Wildman–Crippen MR) is 79.2 cm³/mol. The molecule has 0 bridgehead atoms. The van der Waals surface area contributed by atoms with Gasteiger partial charge in [0.05, 0.1) is 18.8 Å². The minimum absolute atomic E-state index is 0.203. The summed E-state index contributed by atoms with van der Waals surface area (Å²) >= 11 is 0. The first-order valence-electron chi connectivity index (χ1n) is 7.27. The van der Waals surface area contributed by atoms with E-state index in [0.29, 0.717) is 12.4 Å². The average molecular weight is 285 g/mol. The minimum atomic E-state index is -0.260. The maximum atomic E-state index is 11.5. The number of nitrogens with two attached hydrogens (primary N) is 1. The van der Waals surface area contributed by atoms with Crippen molar-refractivity contribution < 1.29 is 9.21 Å². The highest BCUT2D eigenvalue weighted by Crippen LogP contribution is 2.23. The molecule has 1 aromatic heterocycles. The highest BCUT2D eigenvalue weighted by Gasteiger charge is 2.27. The van der Waals surface area contributed by atoms with Gasteiger partial charge in [-0.3, -0.25) is 9.69 Å². The molecule has 3 rings (SSSR count). The lowest BCUT2D eigenvalue weighted by molar-refractivity contribution is -0.124. The molecule has 110 valence electrons. The molecule has 2 aromatic rings. The molecule has 1 saturated heterocycles. The first-order chi connectivity index (χ1) is 10.2. The van der Waals surface area contributed by atoms with Gasteiger partial charge in [0.25, 0.3) is 0 Å². The summed E-state index contributed by atoms with van der Waals surface area (Å²) < 4.78 is 5.80. The molecule has 2 N–H and O–H groups in total. The molecule has 0 radical (unpaired) electrons. The van der Waals surface area contributed by atoms with Crippen molar-refractivity contribution in [2.45, 2.75) is 31.8 Å². The lowest BCUT2D eigenvalue weighted by Crippen LogP contribution is -2.47. The summed E-state index contributed by atoms with van der Waals surface area (Å²) in [6.07, 6.45) is 4.68. The van der Waals surface area contributed by atoms with Crippen LogP contribution in [0.1, 0.15) is 25.2 Å². The van der Waals surface area contributed by atoms with Gasteiger partial charge in [-0.1, -0.05) is 36.8 Å². The number of hydrogen-bond acceptors (Lipinski definition) is 4. The Kier molecular flexibility index (Phi) is 4.01. The fourth-order valence-corrected chi connectivity index (χ4v) is 2.80. The lowest BCUT2D eigenvalue weighted by atomic mass is 10.0. The molecule has 1 aliphatic rings. The molecular formula is C16H19N3O2. The van der Waals surface area contributed by atoms with Gasteiger partial charge in [-0.2, -0.15) is 0 Å². The van der Waals surface area contributed by atoms with Crippen LogP contribution in [0.15, 0.2) is 40.9 Å². The second kappa shape index (κ2) is 6.10. The van der Waals surface area contributed by atoms with Crippen molar-refractivity contribution in [3.05, 3.63) is 42.4 Å². The highest BCUT2D eigenvalue weighted by molar-refractivity contribution is 5.79. The van der Waals surface area contributed by atoms with Gasteiger partial charge in [-0.25, -0.2) is 4.98 Å². The molecule has 0 aliphatic carbocycles. The number of primary amides is 1. The van der Waals surface area contributed by atoms with Gasteiger partial charge in [-0.05, 0) is 19.4 Å². The summed E-state index contributed by atoms with van der Waals surface area (Å²) in [6.45, 7) is 1.39. The number of aromatic nitrogens is 1. The summed E-state index contributed by atoms with van der Waals surface area (Å²) in [6, 6.07) is 9.66. The number of rotatable bonds is 4. The number of amides is 1. The Labute approximate surface area is 123 Å². The quantitative estimate of drug-likeness (QED) is 0.934. The zero-order chi connectivity index (χ0) is 14.7. The van der Waals surface area contributed by atoms with E-state index in [4.69, 9.17) is 10.2 Å². The van der Waals surface area contributed by atoms with Gasteiger partial charge in [0.1, 0.15) is 0 Å². The Hall–Kier alpha value is -2.14. The van der Waals surface area contributed by atoms with Crippen molar-refractivity contribution in [3.8, 4) is 11.3 Å². The molecule has 0 saturated carbocycles. The molecule has 0 spiro atoms. The molecule has 1 fully saturated rings. The first kappa shape index (κ1) is 13.8. The van der Waals surface area contributed by atoms with Crippen LogP contribution in [0.3, 0.4) is 0 Å². The van der Waals surface area contributed by atoms with Crippen molar-refractivity contribution in [3.63, 3.8) is 0 Å². The van der Waals surface area contributed by atoms with Crippen LogP contribution in [0.5, 0.6) is 0 Å². The molecule has 1 atom stereocenters. The summed E-state index contributed by atoms with van der Waals surface area (Å²) in [7, 11) is 0. The Morgan fingerprint density at radius 1 is 1.33 bits per heavy atom. The van der Waals surface area contributed by atoms with Gasteiger partial charge in [0.15, 0.2) is 5.76 Å². The average Bonchev–Trinajstić information content (AvgIpc) is 2.97. The van der Waals surface area contributed by atoms with Crippen molar-refractivity contribution in [1.29, 1.82) is 0 Å². The Morgan fingerprint density at radius 2 is 2.14 bits per heavy atom. The standard InChI is InChI=1S/C16H19N3O2/c17-16(20)13-8-4-5-9-19(13)11-15-18-10-14(21-15)12-6-2-1-3-7-12/h1-3,6-7,10,13H,4-5,8-9,11H2,(H2,17,20)/t13-/m1/s1. The Morgan fingerprint density at radius 3 is 2.90 bits per heavy atom. The van der Waals surface area contributed by atoms with Gasteiger partial charge in [0.2, 0.25) is 11.8 Å². The number of hydrogen-bond donors (Lipinski definition) is 1. The second-order valence-electron chi connectivity index (χ2n) is 5.37. The van der Waals surface area contributed by atoms with Crippen LogP contribution in [0.25, 0.3) is 11.3 Å². The molecule has 5 nitrogen and oxygen atoms in total. The summed E-state index contributed by atoms with van der Waals surface area (Å²) in [5.74, 6) is 1.12. The third kappa shape index (κ3) is 3.13. The van der Waals surface area contributed by atoms with Crippen molar-refractivity contribution in [2.75, 3.05) is 6.54 Å². The first-order valence-corrected chi connectivity index (χ1v) is 7.27. The number of nitrogens with zero attached hydrogens (tertiary/aromatic N) is 2. The van der Waals surface area contributed by atoms with E-state index in [-0.39, 0.29) is 11.9 Å². The van der Waals surface area contributed by atoms with E-state index in [9.17, 15) is 4.79 Å². The number of carbonyl (C=O) groups is 1. The maximum Gasteiger partial charge on any atom is 0.234 e. The third-order valence-electron chi connectivity index (χ3n) is 3.89. The molecule has 1 aromatic carbocycles. The van der Waals surface area contributed by atoms with Crippen molar-refractivity contribution in [2.24, 2.45) is 5.73 Å². The largest absolute Gasteiger partial charge is 0.439 e. The van der Waals surface area contributed by atoms with E-state index in [0.717, 1.165) is 37.1 Å². The van der Waals surface area contributed by atoms with E-state index in [1.165, 1.54) is 0 Å². The van der Waals surface area contributed by atoms with Crippen LogP contribution in [-0.4, -0.2) is 28.4 Å². The summed E-state index contributed by atoms with van der Waals surface area (Å²) in [5, 5.41) is 0. The zero-order valence-corrected chi connectivity index (χ0v) is 11.9. The van der Waals surface area contributed by atoms with Crippen LogP contribution in [0, 0.1) is 0 Å². The van der Waals surface area contributed by atoms with Gasteiger partial charge in [0, 0.05) is 5.56 Å². The molecule has 21 heavy (non-hydrogen) atoms. The molecule has 5 heteroatoms. The SMILES string of the molecule is NC(=O)[C@H]1CCCCN1Cc1ncc(-c2ccccc2)o1. The molecular weight excluding hydrogens is 266 g/mol. The minimum Gasteiger partial charge on any atom is -0.439 e. The number of piperidine rings is 1. The smallest absolute Gasteiger partial charge is 0.234 e. The van der Waals surface area contributed by atoms with Crippen LogP contribution >= 0.6 is 0 Å². The maximum absolute atomic E-state index is 11.5. The van der Waals surface area contributed by atoms with Gasteiger partial charge in [-0.15, -0.1) is 0 Å². The van der Waals surface area contributed by atoms with E-state index >= 15 is 0 Å². The van der Waals surface area contributed by atoms with Gasteiger partial charge < -0.3 is 10.2 Å². The molecule has 2 heterocycles. The lowest BCUT2D eigenvalue weighted by Gasteiger charge is -2.32. The third-order valence-corrected chi connectivity index (χ3v) is 3.89. The Bertz CT molecular complexity index is 609. The number of oxazole rings is 1. The molecule has 1 aliphatic heterocycles. The van der Waals surface area contributed by atoms with Gasteiger partial charge >= 0.3 is 0 Å². The summed E-state index contributed by atoms with van der Waals surface area (Å²) in [5.41, 5.74) is 6.48. The van der Waals surface area contributed by atoms with Crippen molar-refractivity contribution >= 4 is 5.91 Å². The molecule has 0 unspecified atom stereocenters. The number of benzene rings is 1. The van der Waals surface area contributed by atoms with E-state index in [1.54, 1.807) is 6.20 Å². The van der Waals surface area contributed by atoms with E-state index in [1.807, 2.05) is 30.3 Å². The summed E-state index contributed by atoms with van der Waals surface area (Å²) in [4.78, 5) is 17.9. The number of likely N-dealkylation sites (tertiary alicyclic amines) is 1. The van der Waals surface area contributed by atoms with E-state index in [2.05, 4.69) is 9.88 Å². The van der Waals surface area contributed by atoms with Crippen LogP contribution in [0.4, 0.5) is 0 Å². The highest BCUT2D eigenvalue weighted by atomic mass is 16.4. The normalized spacial score (nSPS) is 19.5. The second-order valence-corrected chi connectivity index (χ2v) is 5.37. The van der Waals surface area contributed by atoms with Crippen LogP contribution < -0.4 is 5.73 Å².